The van der Waals surface area contributed by atoms with Crippen LogP contribution in [0.15, 0.2) is 42.5 Å². The topological polar surface area (TPSA) is 84.9 Å². The number of ether oxygens (including phenoxy) is 2. The SMILES string of the molecule is CCOC(=O)N1CCN(c2nc(-c3ccccc3Cl)nc3cc(C(=O)OC)ccc23)CC1. The second kappa shape index (κ2) is 9.40. The highest BCUT2D eigenvalue weighted by atomic mass is 35.5. The third-order valence-corrected chi connectivity index (χ3v) is 5.65. The van der Waals surface area contributed by atoms with E-state index in [-0.39, 0.29) is 6.09 Å². The Morgan fingerprint density at radius 2 is 1.81 bits per heavy atom. The van der Waals surface area contributed by atoms with E-state index < -0.39 is 5.97 Å². The number of rotatable bonds is 4. The summed E-state index contributed by atoms with van der Waals surface area (Å²) in [4.78, 5) is 37.4. The molecule has 1 amide bonds. The quantitative estimate of drug-likeness (QED) is 0.550. The maximum atomic E-state index is 12.1. The van der Waals surface area contributed by atoms with Crippen molar-refractivity contribution in [2.75, 3.05) is 44.8 Å². The zero-order valence-electron chi connectivity index (χ0n) is 17.9. The summed E-state index contributed by atoms with van der Waals surface area (Å²) < 4.78 is 9.97. The first kappa shape index (κ1) is 21.8. The lowest BCUT2D eigenvalue weighted by molar-refractivity contribution is 0.0600. The van der Waals surface area contributed by atoms with E-state index in [2.05, 4.69) is 4.90 Å². The number of methoxy groups -OCH3 is 1. The van der Waals surface area contributed by atoms with Gasteiger partial charge in [0.15, 0.2) is 5.82 Å². The predicted octanol–water partition coefficient (Wildman–Crippen LogP) is 4.02. The standard InChI is InChI=1S/C23H23ClN4O4/c1-3-32-23(30)28-12-10-27(11-13-28)21-17-9-8-15(22(29)31-2)14-19(17)25-20(26-21)16-6-4-5-7-18(16)24/h4-9,14H,3,10-13H2,1-2H3. The maximum absolute atomic E-state index is 12.1. The number of hydrogen-bond acceptors (Lipinski definition) is 7. The van der Waals surface area contributed by atoms with Gasteiger partial charge in [0.2, 0.25) is 0 Å². The normalized spacial score (nSPS) is 13.8. The van der Waals surface area contributed by atoms with E-state index in [4.69, 9.17) is 31.0 Å². The van der Waals surface area contributed by atoms with Crippen LogP contribution in [-0.2, 0) is 9.47 Å². The molecule has 0 saturated carbocycles. The van der Waals surface area contributed by atoms with E-state index in [1.165, 1.54) is 7.11 Å². The Bertz CT molecular complexity index is 1160. The van der Waals surface area contributed by atoms with Crippen LogP contribution in [-0.4, -0.2) is 66.8 Å². The summed E-state index contributed by atoms with van der Waals surface area (Å²) in [5.41, 5.74) is 1.72. The molecule has 0 radical (unpaired) electrons. The van der Waals surface area contributed by atoms with E-state index in [0.717, 1.165) is 11.2 Å². The number of aromatic nitrogens is 2. The molecule has 1 aromatic heterocycles. The van der Waals surface area contributed by atoms with Gasteiger partial charge in [-0.1, -0.05) is 23.7 Å². The predicted molar refractivity (Wildman–Crippen MR) is 122 cm³/mol. The van der Waals surface area contributed by atoms with Gasteiger partial charge in [-0.2, -0.15) is 0 Å². The van der Waals surface area contributed by atoms with Crippen LogP contribution in [0.2, 0.25) is 5.02 Å². The number of carbonyl (C=O) groups is 2. The summed E-state index contributed by atoms with van der Waals surface area (Å²) >= 11 is 6.41. The summed E-state index contributed by atoms with van der Waals surface area (Å²) in [7, 11) is 1.34. The first-order valence-corrected chi connectivity index (χ1v) is 10.7. The van der Waals surface area contributed by atoms with E-state index in [1.807, 2.05) is 24.3 Å². The number of fused-ring (bicyclic) bond motifs is 1. The van der Waals surface area contributed by atoms with Gasteiger partial charge in [0.05, 0.1) is 29.8 Å². The number of hydrogen-bond donors (Lipinski definition) is 0. The third-order valence-electron chi connectivity index (χ3n) is 5.32. The van der Waals surface area contributed by atoms with Gasteiger partial charge in [-0.25, -0.2) is 19.6 Å². The van der Waals surface area contributed by atoms with Gasteiger partial charge >= 0.3 is 12.1 Å². The molecule has 1 fully saturated rings. The molecule has 0 N–H and O–H groups in total. The first-order valence-electron chi connectivity index (χ1n) is 10.3. The van der Waals surface area contributed by atoms with Gasteiger partial charge in [0, 0.05) is 37.1 Å². The van der Waals surface area contributed by atoms with Crippen LogP contribution in [0.25, 0.3) is 22.3 Å². The minimum Gasteiger partial charge on any atom is -0.465 e. The molecule has 32 heavy (non-hydrogen) atoms. The Morgan fingerprint density at radius 1 is 1.06 bits per heavy atom. The molecule has 8 nitrogen and oxygen atoms in total. The third kappa shape index (κ3) is 4.31. The van der Waals surface area contributed by atoms with Crippen LogP contribution >= 0.6 is 11.6 Å². The van der Waals surface area contributed by atoms with Crippen LogP contribution in [0.3, 0.4) is 0 Å². The number of halogens is 1. The number of benzene rings is 2. The van der Waals surface area contributed by atoms with Crippen molar-refractivity contribution in [1.29, 1.82) is 0 Å². The highest BCUT2D eigenvalue weighted by Crippen LogP contribution is 2.32. The average molecular weight is 455 g/mol. The number of esters is 1. The van der Waals surface area contributed by atoms with Crippen molar-refractivity contribution in [2.45, 2.75) is 6.92 Å². The van der Waals surface area contributed by atoms with E-state index in [1.54, 1.807) is 30.0 Å². The van der Waals surface area contributed by atoms with Crippen LogP contribution in [0.5, 0.6) is 0 Å². The monoisotopic (exact) mass is 454 g/mol. The molecular formula is C23H23ClN4O4. The summed E-state index contributed by atoms with van der Waals surface area (Å²) in [6, 6.07) is 12.6. The van der Waals surface area contributed by atoms with Crippen molar-refractivity contribution in [1.82, 2.24) is 14.9 Å². The fourth-order valence-corrected chi connectivity index (χ4v) is 3.90. The van der Waals surface area contributed by atoms with Gasteiger partial charge in [0.1, 0.15) is 5.82 Å². The fraction of sp³-hybridized carbons (Fsp3) is 0.304. The van der Waals surface area contributed by atoms with Crippen molar-refractivity contribution in [3.8, 4) is 11.4 Å². The minimum atomic E-state index is -0.436. The highest BCUT2D eigenvalue weighted by molar-refractivity contribution is 6.33. The lowest BCUT2D eigenvalue weighted by atomic mass is 10.1. The van der Waals surface area contributed by atoms with E-state index in [0.29, 0.717) is 60.3 Å². The number of nitrogens with zero attached hydrogens (tertiary/aromatic N) is 4. The van der Waals surface area contributed by atoms with Crippen molar-refractivity contribution in [3.63, 3.8) is 0 Å². The van der Waals surface area contributed by atoms with Gasteiger partial charge in [-0.3, -0.25) is 0 Å². The molecule has 0 unspecified atom stereocenters. The van der Waals surface area contributed by atoms with Gasteiger partial charge in [0.25, 0.3) is 0 Å². The van der Waals surface area contributed by atoms with E-state index in [9.17, 15) is 9.59 Å². The maximum Gasteiger partial charge on any atom is 0.409 e. The van der Waals surface area contributed by atoms with Crippen LogP contribution in [0, 0.1) is 0 Å². The molecule has 2 aromatic carbocycles. The summed E-state index contributed by atoms with van der Waals surface area (Å²) in [6.45, 7) is 4.36. The van der Waals surface area contributed by atoms with E-state index >= 15 is 0 Å². The molecule has 1 aliphatic rings. The molecule has 166 valence electrons. The lowest BCUT2D eigenvalue weighted by Crippen LogP contribution is -2.49. The minimum absolute atomic E-state index is 0.306. The zero-order valence-corrected chi connectivity index (χ0v) is 18.6. The van der Waals surface area contributed by atoms with Gasteiger partial charge in [-0.05, 0) is 37.3 Å². The molecule has 9 heteroatoms. The lowest BCUT2D eigenvalue weighted by Gasteiger charge is -2.35. The molecule has 0 atom stereocenters. The molecule has 4 rings (SSSR count). The molecule has 3 aromatic rings. The molecule has 0 bridgehead atoms. The Kier molecular flexibility index (Phi) is 6.41. The molecule has 0 spiro atoms. The largest absolute Gasteiger partial charge is 0.465 e. The molecule has 1 saturated heterocycles. The summed E-state index contributed by atoms with van der Waals surface area (Å²) in [5, 5.41) is 1.34. The number of amides is 1. The molecule has 0 aliphatic carbocycles. The van der Waals surface area contributed by atoms with Crippen molar-refractivity contribution >= 4 is 40.4 Å². The van der Waals surface area contributed by atoms with Crippen molar-refractivity contribution < 1.29 is 19.1 Å². The first-order chi connectivity index (χ1) is 15.5. The Labute approximate surface area is 190 Å². The van der Waals surface area contributed by atoms with Crippen molar-refractivity contribution in [3.05, 3.63) is 53.1 Å². The number of anilines is 1. The Hall–Kier alpha value is -3.39. The second-order valence-corrected chi connectivity index (χ2v) is 7.65. The van der Waals surface area contributed by atoms with Crippen LogP contribution in [0.1, 0.15) is 17.3 Å². The van der Waals surface area contributed by atoms with Gasteiger partial charge in [-0.15, -0.1) is 0 Å². The average Bonchev–Trinajstić information content (AvgIpc) is 2.83. The van der Waals surface area contributed by atoms with Crippen LogP contribution < -0.4 is 4.90 Å². The molecule has 1 aliphatic heterocycles. The Balaban J connectivity index is 1.76. The Morgan fingerprint density at radius 3 is 2.50 bits per heavy atom. The van der Waals surface area contributed by atoms with Gasteiger partial charge < -0.3 is 19.3 Å². The van der Waals surface area contributed by atoms with Crippen molar-refractivity contribution in [2.24, 2.45) is 0 Å². The second-order valence-electron chi connectivity index (χ2n) is 7.25. The molecule has 2 heterocycles. The van der Waals surface area contributed by atoms with Crippen LogP contribution in [0.4, 0.5) is 10.6 Å². The summed E-state index contributed by atoms with van der Waals surface area (Å²) in [5.74, 6) is 0.757. The zero-order chi connectivity index (χ0) is 22.7. The summed E-state index contributed by atoms with van der Waals surface area (Å²) in [6.07, 6.45) is -0.306. The smallest absolute Gasteiger partial charge is 0.409 e. The molecular weight excluding hydrogens is 432 g/mol. The highest BCUT2D eigenvalue weighted by Gasteiger charge is 2.25. The fourth-order valence-electron chi connectivity index (χ4n) is 3.68. The number of piperazine rings is 1. The number of carbonyl (C=O) groups excluding carboxylic acids is 2.